The van der Waals surface area contributed by atoms with Crippen LogP contribution in [0, 0.1) is 0 Å². The Hall–Kier alpha value is -0.920. The molecule has 0 unspecified atom stereocenters. The maximum Gasteiger partial charge on any atom is 0.262 e. The van der Waals surface area contributed by atoms with E-state index in [2.05, 4.69) is 4.98 Å². The fourth-order valence-corrected chi connectivity index (χ4v) is 3.36. The highest BCUT2D eigenvalue weighted by Crippen LogP contribution is 2.25. The van der Waals surface area contributed by atoms with Gasteiger partial charge in [0.2, 0.25) is 0 Å². The number of sulfonamides is 1. The zero-order valence-electron chi connectivity index (χ0n) is 10.7. The lowest BCUT2D eigenvalue weighted by Crippen LogP contribution is -2.45. The standard InChI is InChI=1S/C11H19N3O3S/c1-3-13-8-10(12-9-13)18(16,17)14-6-4-11(2,15)5-7-14/h8-9,15H,3-7H2,1-2H3. The molecular weight excluding hydrogens is 254 g/mol. The third kappa shape index (κ3) is 2.57. The smallest absolute Gasteiger partial charge is 0.262 e. The molecule has 1 aromatic rings. The van der Waals surface area contributed by atoms with E-state index < -0.39 is 15.6 Å². The molecule has 1 N–H and O–H groups in total. The highest BCUT2D eigenvalue weighted by atomic mass is 32.2. The molecule has 18 heavy (non-hydrogen) atoms. The van der Waals surface area contributed by atoms with E-state index >= 15 is 0 Å². The van der Waals surface area contributed by atoms with Crippen LogP contribution in [-0.2, 0) is 16.6 Å². The number of hydrogen-bond acceptors (Lipinski definition) is 4. The Kier molecular flexibility index (Phi) is 3.48. The summed E-state index contributed by atoms with van der Waals surface area (Å²) in [6.45, 7) is 5.04. The topological polar surface area (TPSA) is 75.4 Å². The molecule has 0 radical (unpaired) electrons. The van der Waals surface area contributed by atoms with Crippen molar-refractivity contribution in [2.75, 3.05) is 13.1 Å². The SMILES string of the molecule is CCn1cnc(S(=O)(=O)N2CCC(C)(O)CC2)c1. The van der Waals surface area contributed by atoms with Crippen LogP contribution in [-0.4, -0.2) is 46.1 Å². The molecule has 1 fully saturated rings. The molecule has 0 aromatic carbocycles. The summed E-state index contributed by atoms with van der Waals surface area (Å²) in [6.07, 6.45) is 3.98. The van der Waals surface area contributed by atoms with Crippen molar-refractivity contribution in [3.63, 3.8) is 0 Å². The highest BCUT2D eigenvalue weighted by molar-refractivity contribution is 7.89. The van der Waals surface area contributed by atoms with Crippen molar-refractivity contribution in [1.82, 2.24) is 13.9 Å². The molecule has 0 bridgehead atoms. The van der Waals surface area contributed by atoms with E-state index in [0.717, 1.165) is 0 Å². The number of nitrogens with zero attached hydrogens (tertiary/aromatic N) is 3. The first kappa shape index (κ1) is 13.5. The van der Waals surface area contributed by atoms with Crippen LogP contribution < -0.4 is 0 Å². The minimum absolute atomic E-state index is 0.0888. The summed E-state index contributed by atoms with van der Waals surface area (Å²) in [4.78, 5) is 3.94. The quantitative estimate of drug-likeness (QED) is 0.867. The second kappa shape index (κ2) is 4.64. The number of aromatic nitrogens is 2. The number of imidazole rings is 1. The zero-order chi connectivity index (χ0) is 13.4. The highest BCUT2D eigenvalue weighted by Gasteiger charge is 2.34. The van der Waals surface area contributed by atoms with Gasteiger partial charge in [0, 0.05) is 25.8 Å². The lowest BCUT2D eigenvalue weighted by Gasteiger charge is -2.34. The van der Waals surface area contributed by atoms with Crippen LogP contribution in [0.1, 0.15) is 26.7 Å². The van der Waals surface area contributed by atoms with Gasteiger partial charge in [-0.1, -0.05) is 0 Å². The first-order chi connectivity index (χ1) is 8.35. The summed E-state index contributed by atoms with van der Waals surface area (Å²) in [5.41, 5.74) is -0.755. The van der Waals surface area contributed by atoms with Gasteiger partial charge in [0.15, 0.2) is 5.03 Å². The molecule has 0 amide bonds. The number of hydrogen-bond donors (Lipinski definition) is 1. The van der Waals surface area contributed by atoms with E-state index in [-0.39, 0.29) is 5.03 Å². The van der Waals surface area contributed by atoms with E-state index in [1.165, 1.54) is 10.6 Å². The van der Waals surface area contributed by atoms with Crippen LogP contribution in [0.4, 0.5) is 0 Å². The summed E-state index contributed by atoms with van der Waals surface area (Å²) >= 11 is 0. The fourth-order valence-electron chi connectivity index (χ4n) is 1.99. The molecule has 6 nitrogen and oxygen atoms in total. The van der Waals surface area contributed by atoms with Gasteiger partial charge in [-0.25, -0.2) is 13.4 Å². The molecule has 0 atom stereocenters. The third-order valence-electron chi connectivity index (χ3n) is 3.38. The molecule has 2 heterocycles. The predicted molar refractivity (Wildman–Crippen MR) is 66.5 cm³/mol. The third-order valence-corrected chi connectivity index (χ3v) is 5.16. The number of rotatable bonds is 3. The van der Waals surface area contributed by atoms with Crippen LogP contribution in [0.15, 0.2) is 17.6 Å². The van der Waals surface area contributed by atoms with Gasteiger partial charge in [-0.15, -0.1) is 0 Å². The number of aliphatic hydroxyl groups is 1. The minimum Gasteiger partial charge on any atom is -0.390 e. The second-order valence-electron chi connectivity index (χ2n) is 4.94. The van der Waals surface area contributed by atoms with E-state index in [1.807, 2.05) is 6.92 Å². The van der Waals surface area contributed by atoms with Crippen molar-refractivity contribution < 1.29 is 13.5 Å². The van der Waals surface area contributed by atoms with E-state index in [1.54, 1.807) is 17.7 Å². The van der Waals surface area contributed by atoms with Gasteiger partial charge in [0.25, 0.3) is 10.0 Å². The zero-order valence-corrected chi connectivity index (χ0v) is 11.5. The maximum atomic E-state index is 12.3. The lowest BCUT2D eigenvalue weighted by atomic mass is 9.95. The van der Waals surface area contributed by atoms with Gasteiger partial charge in [0.1, 0.15) is 0 Å². The molecule has 1 saturated heterocycles. The van der Waals surface area contributed by atoms with Gasteiger partial charge >= 0.3 is 0 Å². The molecule has 7 heteroatoms. The Balaban J connectivity index is 2.17. The monoisotopic (exact) mass is 273 g/mol. The van der Waals surface area contributed by atoms with Gasteiger partial charge in [-0.05, 0) is 26.7 Å². The molecule has 102 valence electrons. The normalized spacial score (nSPS) is 21.1. The molecule has 1 aromatic heterocycles. The van der Waals surface area contributed by atoms with Crippen LogP contribution in [0.3, 0.4) is 0 Å². The number of piperidine rings is 1. The van der Waals surface area contributed by atoms with Crippen molar-refractivity contribution >= 4 is 10.0 Å². The Labute approximate surface area is 107 Å². The van der Waals surface area contributed by atoms with Crippen molar-refractivity contribution in [2.45, 2.75) is 43.9 Å². The summed E-state index contributed by atoms with van der Waals surface area (Å²) in [5, 5.41) is 9.92. The first-order valence-corrected chi connectivity index (χ1v) is 7.53. The van der Waals surface area contributed by atoms with Crippen molar-refractivity contribution in [3.05, 3.63) is 12.5 Å². The van der Waals surface area contributed by atoms with Crippen LogP contribution in [0.2, 0.25) is 0 Å². The molecule has 1 aliphatic heterocycles. The van der Waals surface area contributed by atoms with E-state index in [9.17, 15) is 13.5 Å². The molecule has 1 aliphatic rings. The Morgan fingerprint density at radius 3 is 2.56 bits per heavy atom. The Morgan fingerprint density at radius 1 is 1.44 bits per heavy atom. The summed E-state index contributed by atoms with van der Waals surface area (Å²) in [6, 6.07) is 0. The lowest BCUT2D eigenvalue weighted by molar-refractivity contribution is 0.0125. The van der Waals surface area contributed by atoms with Gasteiger partial charge in [0.05, 0.1) is 11.9 Å². The van der Waals surface area contributed by atoms with E-state index in [0.29, 0.717) is 32.5 Å². The fraction of sp³-hybridized carbons (Fsp3) is 0.727. The van der Waals surface area contributed by atoms with Crippen LogP contribution in [0.25, 0.3) is 0 Å². The van der Waals surface area contributed by atoms with Crippen molar-refractivity contribution in [1.29, 1.82) is 0 Å². The molecule has 0 aliphatic carbocycles. The summed E-state index contributed by atoms with van der Waals surface area (Å²) < 4.78 is 27.7. The van der Waals surface area contributed by atoms with Gasteiger partial charge in [-0.3, -0.25) is 0 Å². The summed E-state index contributed by atoms with van der Waals surface area (Å²) in [5.74, 6) is 0. The molecular formula is C11H19N3O3S. The van der Waals surface area contributed by atoms with Gasteiger partial charge in [-0.2, -0.15) is 4.31 Å². The van der Waals surface area contributed by atoms with Crippen LogP contribution in [0.5, 0.6) is 0 Å². The first-order valence-electron chi connectivity index (χ1n) is 6.09. The average Bonchev–Trinajstić information content (AvgIpc) is 2.77. The largest absolute Gasteiger partial charge is 0.390 e. The van der Waals surface area contributed by atoms with Crippen molar-refractivity contribution in [2.24, 2.45) is 0 Å². The predicted octanol–water partition coefficient (Wildman–Crippen LogP) is 0.438. The summed E-state index contributed by atoms with van der Waals surface area (Å²) in [7, 11) is -3.51. The Morgan fingerprint density at radius 2 is 2.06 bits per heavy atom. The molecule has 0 spiro atoms. The van der Waals surface area contributed by atoms with Crippen molar-refractivity contribution in [3.8, 4) is 0 Å². The van der Waals surface area contributed by atoms with Gasteiger partial charge < -0.3 is 9.67 Å². The Bertz CT molecular complexity index is 511. The molecule has 0 saturated carbocycles. The average molecular weight is 273 g/mol. The molecule has 2 rings (SSSR count). The maximum absolute atomic E-state index is 12.3. The second-order valence-corrected chi connectivity index (χ2v) is 6.83. The number of aryl methyl sites for hydroxylation is 1. The van der Waals surface area contributed by atoms with Crippen LogP contribution >= 0.6 is 0 Å². The minimum atomic E-state index is -3.51. The van der Waals surface area contributed by atoms with E-state index in [4.69, 9.17) is 0 Å².